The highest BCUT2D eigenvalue weighted by Crippen LogP contribution is 2.43. The Balaban J connectivity index is 2.02. The average Bonchev–Trinajstić information content (AvgIpc) is 2.69. The van der Waals surface area contributed by atoms with Crippen LogP contribution in [0, 0.1) is 6.92 Å². The highest BCUT2D eigenvalue weighted by molar-refractivity contribution is 5.70. The van der Waals surface area contributed by atoms with Crippen LogP contribution in [0.25, 0.3) is 0 Å². The number of aryl methyl sites for hydroxylation is 1. The fraction of sp³-hybridized carbons (Fsp3) is 0.462. The van der Waals surface area contributed by atoms with Crippen molar-refractivity contribution in [2.24, 2.45) is 0 Å². The topological polar surface area (TPSA) is 65.0 Å². The van der Waals surface area contributed by atoms with E-state index in [9.17, 15) is 4.79 Å². The normalized spacial score (nSPS) is 19.4. The van der Waals surface area contributed by atoms with Gasteiger partial charge in [0.15, 0.2) is 11.5 Å². The Morgan fingerprint density at radius 2 is 2.00 bits per heavy atom. The predicted molar refractivity (Wildman–Crippen MR) is 62.1 cm³/mol. The molecule has 2 aliphatic rings. The number of hydrogen-bond acceptors (Lipinski definition) is 4. The molecule has 2 heterocycles. The van der Waals surface area contributed by atoms with E-state index < -0.39 is 11.4 Å². The summed E-state index contributed by atoms with van der Waals surface area (Å²) >= 11 is 0. The second-order valence-electron chi connectivity index (χ2n) is 4.86. The first-order valence-electron chi connectivity index (χ1n) is 5.81. The van der Waals surface area contributed by atoms with Crippen molar-refractivity contribution in [2.75, 3.05) is 20.0 Å². The maximum atomic E-state index is 11.0. The molecule has 0 saturated carbocycles. The summed E-state index contributed by atoms with van der Waals surface area (Å²) in [4.78, 5) is 11.0. The van der Waals surface area contributed by atoms with Gasteiger partial charge in [0.05, 0.1) is 25.0 Å². The number of carboxylic acids is 1. The van der Waals surface area contributed by atoms with Crippen LogP contribution in [0.5, 0.6) is 11.5 Å². The van der Waals surface area contributed by atoms with Crippen molar-refractivity contribution in [3.63, 3.8) is 0 Å². The summed E-state index contributed by atoms with van der Waals surface area (Å²) in [5.41, 5.74) is 1.58. The lowest BCUT2D eigenvalue weighted by Gasteiger charge is -2.41. The van der Waals surface area contributed by atoms with Gasteiger partial charge in [0.2, 0.25) is 6.79 Å². The molecule has 5 heteroatoms. The standard InChI is InChI=1S/C13H14O5/c1-8-2-10-11(18-7-17-10)3-9(8)13(4-12(14)15)5-16-6-13/h2-3H,4-7H2,1H3,(H,14,15). The Labute approximate surface area is 104 Å². The first-order chi connectivity index (χ1) is 8.61. The summed E-state index contributed by atoms with van der Waals surface area (Å²) in [6.07, 6.45) is 0.0769. The van der Waals surface area contributed by atoms with Crippen LogP contribution in [0.4, 0.5) is 0 Å². The molecule has 1 fully saturated rings. The first-order valence-corrected chi connectivity index (χ1v) is 5.81. The van der Waals surface area contributed by atoms with Crippen LogP contribution in [-0.4, -0.2) is 31.1 Å². The Morgan fingerprint density at radius 1 is 1.33 bits per heavy atom. The average molecular weight is 250 g/mol. The van der Waals surface area contributed by atoms with Gasteiger partial charge in [-0.05, 0) is 30.2 Å². The van der Waals surface area contributed by atoms with Crippen LogP contribution >= 0.6 is 0 Å². The number of carboxylic acid groups (broad SMARTS) is 1. The number of fused-ring (bicyclic) bond motifs is 1. The van der Waals surface area contributed by atoms with Crippen molar-refractivity contribution in [1.29, 1.82) is 0 Å². The second kappa shape index (κ2) is 3.88. The molecular formula is C13H14O5. The second-order valence-corrected chi connectivity index (χ2v) is 4.86. The molecule has 0 radical (unpaired) electrons. The fourth-order valence-electron chi connectivity index (χ4n) is 2.61. The van der Waals surface area contributed by atoms with E-state index >= 15 is 0 Å². The van der Waals surface area contributed by atoms with Gasteiger partial charge >= 0.3 is 5.97 Å². The summed E-state index contributed by atoms with van der Waals surface area (Å²) in [5, 5.41) is 9.05. The van der Waals surface area contributed by atoms with Crippen LogP contribution in [-0.2, 0) is 14.9 Å². The molecule has 96 valence electrons. The molecule has 18 heavy (non-hydrogen) atoms. The van der Waals surface area contributed by atoms with Gasteiger partial charge in [-0.2, -0.15) is 0 Å². The smallest absolute Gasteiger partial charge is 0.304 e. The SMILES string of the molecule is Cc1cc2c(cc1C1(CC(=O)O)COC1)OCO2. The van der Waals surface area contributed by atoms with Crippen LogP contribution in [0.15, 0.2) is 12.1 Å². The highest BCUT2D eigenvalue weighted by atomic mass is 16.7. The van der Waals surface area contributed by atoms with Crippen molar-refractivity contribution in [3.8, 4) is 11.5 Å². The van der Waals surface area contributed by atoms with E-state index in [1.54, 1.807) is 0 Å². The predicted octanol–water partition coefficient (Wildman–Crippen LogP) is 1.47. The quantitative estimate of drug-likeness (QED) is 0.880. The van der Waals surface area contributed by atoms with Gasteiger partial charge < -0.3 is 19.3 Å². The molecule has 1 aromatic carbocycles. The van der Waals surface area contributed by atoms with Gasteiger partial charge in [-0.3, -0.25) is 4.79 Å². The van der Waals surface area contributed by atoms with Gasteiger partial charge in [-0.15, -0.1) is 0 Å². The third-order valence-electron chi connectivity index (χ3n) is 3.54. The van der Waals surface area contributed by atoms with Crippen molar-refractivity contribution in [1.82, 2.24) is 0 Å². The van der Waals surface area contributed by atoms with E-state index in [2.05, 4.69) is 0 Å². The third-order valence-corrected chi connectivity index (χ3v) is 3.54. The van der Waals surface area contributed by atoms with Crippen molar-refractivity contribution in [3.05, 3.63) is 23.3 Å². The Kier molecular flexibility index (Phi) is 2.45. The number of carbonyl (C=O) groups is 1. The first kappa shape index (κ1) is 11.3. The summed E-state index contributed by atoms with van der Waals surface area (Å²) in [7, 11) is 0. The largest absolute Gasteiger partial charge is 0.481 e. The number of hydrogen-bond donors (Lipinski definition) is 1. The Morgan fingerprint density at radius 3 is 2.56 bits per heavy atom. The molecule has 0 atom stereocenters. The number of benzene rings is 1. The van der Waals surface area contributed by atoms with Gasteiger partial charge in [0.25, 0.3) is 0 Å². The molecule has 2 aliphatic heterocycles. The lowest BCUT2D eigenvalue weighted by molar-refractivity contribution is -0.145. The van der Waals surface area contributed by atoms with E-state index in [1.165, 1.54) is 0 Å². The fourth-order valence-corrected chi connectivity index (χ4v) is 2.61. The summed E-state index contributed by atoms with van der Waals surface area (Å²) < 4.78 is 15.9. The number of aliphatic carboxylic acids is 1. The Bertz CT molecular complexity index is 504. The van der Waals surface area contributed by atoms with E-state index in [4.69, 9.17) is 19.3 Å². The van der Waals surface area contributed by atoms with Crippen LogP contribution in [0.3, 0.4) is 0 Å². The molecule has 0 aliphatic carbocycles. The molecule has 0 amide bonds. The van der Waals surface area contributed by atoms with Crippen LogP contribution in [0.1, 0.15) is 17.5 Å². The van der Waals surface area contributed by atoms with E-state index in [0.29, 0.717) is 19.0 Å². The summed E-state index contributed by atoms with van der Waals surface area (Å²) in [6.45, 7) is 3.07. The van der Waals surface area contributed by atoms with Crippen molar-refractivity contribution in [2.45, 2.75) is 18.8 Å². The molecule has 1 N–H and O–H groups in total. The zero-order chi connectivity index (χ0) is 12.8. The van der Waals surface area contributed by atoms with Crippen LogP contribution < -0.4 is 9.47 Å². The van der Waals surface area contributed by atoms with Crippen molar-refractivity contribution >= 4 is 5.97 Å². The van der Waals surface area contributed by atoms with Gasteiger partial charge in [0.1, 0.15) is 0 Å². The molecule has 0 spiro atoms. The maximum absolute atomic E-state index is 11.0. The molecule has 0 unspecified atom stereocenters. The molecule has 0 aromatic heterocycles. The van der Waals surface area contributed by atoms with Crippen LogP contribution in [0.2, 0.25) is 0 Å². The third kappa shape index (κ3) is 1.62. The molecule has 1 saturated heterocycles. The Hall–Kier alpha value is -1.75. The molecule has 5 nitrogen and oxygen atoms in total. The van der Waals surface area contributed by atoms with E-state index in [-0.39, 0.29) is 13.2 Å². The van der Waals surface area contributed by atoms with E-state index in [0.717, 1.165) is 16.9 Å². The highest BCUT2D eigenvalue weighted by Gasteiger charge is 2.44. The molecule has 1 aromatic rings. The van der Waals surface area contributed by atoms with Gasteiger partial charge in [0, 0.05) is 0 Å². The molecule has 0 bridgehead atoms. The zero-order valence-electron chi connectivity index (χ0n) is 10.1. The molecule has 3 rings (SSSR count). The van der Waals surface area contributed by atoms with Crippen molar-refractivity contribution < 1.29 is 24.1 Å². The van der Waals surface area contributed by atoms with Gasteiger partial charge in [-0.1, -0.05) is 0 Å². The minimum Gasteiger partial charge on any atom is -0.481 e. The lowest BCUT2D eigenvalue weighted by atomic mass is 9.74. The minimum absolute atomic E-state index is 0.0769. The minimum atomic E-state index is -0.810. The monoisotopic (exact) mass is 250 g/mol. The maximum Gasteiger partial charge on any atom is 0.304 e. The van der Waals surface area contributed by atoms with Gasteiger partial charge in [-0.25, -0.2) is 0 Å². The number of rotatable bonds is 3. The number of ether oxygens (including phenoxy) is 3. The molecular weight excluding hydrogens is 236 g/mol. The van der Waals surface area contributed by atoms with E-state index in [1.807, 2.05) is 19.1 Å². The summed E-state index contributed by atoms with van der Waals surface area (Å²) in [5.74, 6) is 0.601. The summed E-state index contributed by atoms with van der Waals surface area (Å²) in [6, 6.07) is 3.79. The lowest BCUT2D eigenvalue weighted by Crippen LogP contribution is -2.48. The zero-order valence-corrected chi connectivity index (χ0v) is 10.1.